The fourth-order valence-electron chi connectivity index (χ4n) is 1.30. The van der Waals surface area contributed by atoms with Crippen LogP contribution < -0.4 is 11.1 Å². The maximum absolute atomic E-state index is 10.6. The number of hydrogen-bond donors (Lipinski definition) is 2. The molecular weight excluding hydrogens is 190 g/mol. The van der Waals surface area contributed by atoms with Crippen molar-refractivity contribution >= 4 is 5.91 Å². The lowest BCUT2D eigenvalue weighted by Gasteiger charge is -2.05. The average molecular weight is 209 g/mol. The zero-order valence-corrected chi connectivity index (χ0v) is 9.36. The Kier molecular flexibility index (Phi) is 4.37. The molecule has 1 amide bonds. The first-order valence-electron chi connectivity index (χ1n) is 5.24. The molecule has 0 unspecified atom stereocenters. The van der Waals surface area contributed by atoms with Crippen LogP contribution in [-0.4, -0.2) is 16.5 Å². The maximum atomic E-state index is 10.6. The zero-order valence-electron chi connectivity index (χ0n) is 9.36. The van der Waals surface area contributed by atoms with E-state index in [-0.39, 0.29) is 5.91 Å². The molecule has 0 bridgehead atoms. The van der Waals surface area contributed by atoms with E-state index in [1.807, 2.05) is 17.0 Å². The van der Waals surface area contributed by atoms with Crippen LogP contribution in [0, 0.1) is 0 Å². The van der Waals surface area contributed by atoms with Gasteiger partial charge >= 0.3 is 0 Å². The number of hydrogen-bond acceptors (Lipinski definition) is 2. The summed E-state index contributed by atoms with van der Waals surface area (Å²) in [6.45, 7) is 5.76. The highest BCUT2D eigenvalue weighted by molar-refractivity contribution is 5.73. The first-order valence-corrected chi connectivity index (χ1v) is 5.24. The third-order valence-corrected chi connectivity index (χ3v) is 2.14. The van der Waals surface area contributed by atoms with Crippen LogP contribution in [0.5, 0.6) is 0 Å². The van der Waals surface area contributed by atoms with E-state index in [0.29, 0.717) is 19.0 Å². The number of carbonyl (C=O) groups excluding carboxylic acids is 1. The zero-order chi connectivity index (χ0) is 11.3. The molecule has 1 heterocycles. The van der Waals surface area contributed by atoms with Crippen LogP contribution in [0.3, 0.4) is 0 Å². The van der Waals surface area contributed by atoms with Gasteiger partial charge in [-0.15, -0.1) is 0 Å². The molecule has 15 heavy (non-hydrogen) atoms. The van der Waals surface area contributed by atoms with Crippen molar-refractivity contribution in [2.75, 3.05) is 0 Å². The molecule has 1 rings (SSSR count). The standard InChI is InChI=1S/C11H19N3O/c1-9(2)13-7-10-3-5-14(8-10)6-4-11(12)15/h3,5,8-9,13H,4,6-7H2,1-2H3,(H2,12,15). The predicted molar refractivity (Wildman–Crippen MR) is 60.2 cm³/mol. The Balaban J connectivity index is 2.38. The lowest BCUT2D eigenvalue weighted by atomic mass is 10.3. The van der Waals surface area contributed by atoms with Crippen LogP contribution in [0.4, 0.5) is 0 Å². The van der Waals surface area contributed by atoms with E-state index in [4.69, 9.17) is 5.73 Å². The van der Waals surface area contributed by atoms with E-state index in [1.54, 1.807) is 0 Å². The highest BCUT2D eigenvalue weighted by Gasteiger charge is 1.99. The van der Waals surface area contributed by atoms with Gasteiger partial charge in [-0.05, 0) is 11.6 Å². The van der Waals surface area contributed by atoms with E-state index < -0.39 is 0 Å². The van der Waals surface area contributed by atoms with Gasteiger partial charge in [-0.3, -0.25) is 4.79 Å². The van der Waals surface area contributed by atoms with Crippen molar-refractivity contribution in [2.45, 2.75) is 39.4 Å². The predicted octanol–water partition coefficient (Wildman–Crippen LogP) is 0.861. The minimum atomic E-state index is -0.259. The van der Waals surface area contributed by atoms with Gasteiger partial charge in [0.2, 0.25) is 5.91 Å². The molecule has 1 aromatic heterocycles. The Hall–Kier alpha value is -1.29. The summed E-state index contributed by atoms with van der Waals surface area (Å²) in [7, 11) is 0. The van der Waals surface area contributed by atoms with Crippen molar-refractivity contribution in [1.29, 1.82) is 0 Å². The molecule has 1 aromatic rings. The number of nitrogens with one attached hydrogen (secondary N) is 1. The molecule has 0 aliphatic heterocycles. The van der Waals surface area contributed by atoms with E-state index in [2.05, 4.69) is 25.2 Å². The van der Waals surface area contributed by atoms with Gasteiger partial charge < -0.3 is 15.6 Å². The summed E-state index contributed by atoms with van der Waals surface area (Å²) in [4.78, 5) is 10.6. The first-order chi connectivity index (χ1) is 7.08. The summed E-state index contributed by atoms with van der Waals surface area (Å²) in [5, 5.41) is 3.34. The maximum Gasteiger partial charge on any atom is 0.219 e. The molecule has 3 N–H and O–H groups in total. The summed E-state index contributed by atoms with van der Waals surface area (Å²) in [5.74, 6) is -0.259. The van der Waals surface area contributed by atoms with Gasteiger partial charge in [-0.25, -0.2) is 0 Å². The SMILES string of the molecule is CC(C)NCc1ccn(CCC(N)=O)c1. The van der Waals surface area contributed by atoms with Crippen LogP contribution >= 0.6 is 0 Å². The molecule has 0 aliphatic carbocycles. The number of nitrogens with zero attached hydrogens (tertiary/aromatic N) is 1. The van der Waals surface area contributed by atoms with Crippen LogP contribution in [0.1, 0.15) is 25.8 Å². The number of rotatable bonds is 6. The third kappa shape index (κ3) is 4.65. The number of primary amides is 1. The largest absolute Gasteiger partial charge is 0.370 e. The van der Waals surface area contributed by atoms with Gasteiger partial charge in [0.05, 0.1) is 0 Å². The van der Waals surface area contributed by atoms with Crippen LogP contribution in [0.2, 0.25) is 0 Å². The molecule has 0 saturated heterocycles. The quantitative estimate of drug-likeness (QED) is 0.730. The van der Waals surface area contributed by atoms with Gasteiger partial charge in [0.1, 0.15) is 0 Å². The van der Waals surface area contributed by atoms with Crippen molar-refractivity contribution in [3.63, 3.8) is 0 Å². The fraction of sp³-hybridized carbons (Fsp3) is 0.545. The Morgan fingerprint density at radius 2 is 2.33 bits per heavy atom. The molecule has 0 aromatic carbocycles. The van der Waals surface area contributed by atoms with Crippen molar-refractivity contribution in [2.24, 2.45) is 5.73 Å². The van der Waals surface area contributed by atoms with Crippen LogP contribution in [-0.2, 0) is 17.9 Å². The monoisotopic (exact) mass is 209 g/mol. The van der Waals surface area contributed by atoms with Crippen molar-refractivity contribution in [3.8, 4) is 0 Å². The fourth-order valence-corrected chi connectivity index (χ4v) is 1.30. The van der Waals surface area contributed by atoms with Crippen molar-refractivity contribution in [3.05, 3.63) is 24.0 Å². The molecule has 0 saturated carbocycles. The third-order valence-electron chi connectivity index (χ3n) is 2.14. The van der Waals surface area contributed by atoms with Gasteiger partial charge in [0, 0.05) is 37.9 Å². The minimum absolute atomic E-state index is 0.259. The number of aromatic nitrogens is 1. The normalized spacial score (nSPS) is 10.9. The second kappa shape index (κ2) is 5.56. The van der Waals surface area contributed by atoms with Gasteiger partial charge in [0.25, 0.3) is 0 Å². The Bertz CT molecular complexity index is 317. The van der Waals surface area contributed by atoms with Crippen LogP contribution in [0.15, 0.2) is 18.5 Å². The molecule has 4 nitrogen and oxygen atoms in total. The molecule has 84 valence electrons. The summed E-state index contributed by atoms with van der Waals surface area (Å²) < 4.78 is 1.99. The number of nitrogens with two attached hydrogens (primary N) is 1. The van der Waals surface area contributed by atoms with Gasteiger partial charge in [0.15, 0.2) is 0 Å². The first kappa shape index (κ1) is 11.8. The number of aryl methyl sites for hydroxylation is 1. The summed E-state index contributed by atoms with van der Waals surface area (Å²) >= 11 is 0. The second-order valence-electron chi connectivity index (χ2n) is 4.01. The van der Waals surface area contributed by atoms with E-state index in [0.717, 1.165) is 6.54 Å². The molecule has 4 heteroatoms. The van der Waals surface area contributed by atoms with Gasteiger partial charge in [-0.2, -0.15) is 0 Å². The molecular formula is C11H19N3O. The Morgan fingerprint density at radius 1 is 1.60 bits per heavy atom. The lowest BCUT2D eigenvalue weighted by Crippen LogP contribution is -2.21. The Labute approximate surface area is 90.5 Å². The van der Waals surface area contributed by atoms with E-state index >= 15 is 0 Å². The smallest absolute Gasteiger partial charge is 0.219 e. The van der Waals surface area contributed by atoms with Gasteiger partial charge in [-0.1, -0.05) is 13.8 Å². The van der Waals surface area contributed by atoms with Crippen molar-refractivity contribution < 1.29 is 4.79 Å². The topological polar surface area (TPSA) is 60.1 Å². The Morgan fingerprint density at radius 3 is 2.93 bits per heavy atom. The summed E-state index contributed by atoms with van der Waals surface area (Å²) in [5.41, 5.74) is 6.31. The van der Waals surface area contributed by atoms with Crippen molar-refractivity contribution in [1.82, 2.24) is 9.88 Å². The molecule has 0 radical (unpaired) electrons. The second-order valence-corrected chi connectivity index (χ2v) is 4.01. The average Bonchev–Trinajstić information content (AvgIpc) is 2.59. The molecule has 0 aliphatic rings. The minimum Gasteiger partial charge on any atom is -0.370 e. The summed E-state index contributed by atoms with van der Waals surface area (Å²) in [6, 6.07) is 2.54. The van der Waals surface area contributed by atoms with Crippen LogP contribution in [0.25, 0.3) is 0 Å². The molecule has 0 fully saturated rings. The number of carbonyl (C=O) groups is 1. The summed E-state index contributed by atoms with van der Waals surface area (Å²) in [6.07, 6.45) is 4.41. The lowest BCUT2D eigenvalue weighted by molar-refractivity contribution is -0.118. The van der Waals surface area contributed by atoms with E-state index in [1.165, 1.54) is 5.56 Å². The highest BCUT2D eigenvalue weighted by atomic mass is 16.1. The van der Waals surface area contributed by atoms with E-state index in [9.17, 15) is 4.79 Å². The molecule has 0 spiro atoms. The highest BCUT2D eigenvalue weighted by Crippen LogP contribution is 2.02. The number of amides is 1. The molecule has 0 atom stereocenters.